The number of rotatable bonds is 8. The van der Waals surface area contributed by atoms with E-state index >= 15 is 0 Å². The first-order valence-electron chi connectivity index (χ1n) is 18.4. The SMILES string of the molecule is CCCCOC1CCC(C2NNN([C@H]3C[C@H]4C(=O)N[C@@]5(C(=O)O)C[C@H]5CCCCCCC[C@@H](NC(=O)OC(C)(C)C)C(=O)N4C3)N2)CC1. The molecule has 0 aromatic heterocycles. The molecule has 5 fully saturated rings. The highest BCUT2D eigenvalue weighted by atomic mass is 16.6. The number of ether oxygens (including phenoxy) is 2. The van der Waals surface area contributed by atoms with E-state index in [0.717, 1.165) is 83.7 Å². The molecular formula is C34H59N7O7. The van der Waals surface area contributed by atoms with Gasteiger partial charge in [0, 0.05) is 13.2 Å². The summed E-state index contributed by atoms with van der Waals surface area (Å²) in [7, 11) is 0. The summed E-state index contributed by atoms with van der Waals surface area (Å²) in [5.41, 5.74) is 8.10. The lowest BCUT2D eigenvalue weighted by Gasteiger charge is -2.32. The van der Waals surface area contributed by atoms with Gasteiger partial charge >= 0.3 is 12.1 Å². The summed E-state index contributed by atoms with van der Waals surface area (Å²) < 4.78 is 11.6. The summed E-state index contributed by atoms with van der Waals surface area (Å²) >= 11 is 0. The maximum Gasteiger partial charge on any atom is 0.408 e. The van der Waals surface area contributed by atoms with Crippen molar-refractivity contribution in [1.82, 2.24) is 37.0 Å². The van der Waals surface area contributed by atoms with Gasteiger partial charge in [-0.2, -0.15) is 10.7 Å². The van der Waals surface area contributed by atoms with Gasteiger partial charge in [0.2, 0.25) is 11.8 Å². The Balaban J connectivity index is 1.29. The van der Waals surface area contributed by atoms with Gasteiger partial charge in [0.25, 0.3) is 0 Å². The van der Waals surface area contributed by atoms with Crippen LogP contribution in [0.4, 0.5) is 4.79 Å². The maximum atomic E-state index is 14.3. The number of carbonyl (C=O) groups is 4. The molecule has 1 unspecified atom stereocenters. The van der Waals surface area contributed by atoms with Crippen molar-refractivity contribution in [3.63, 3.8) is 0 Å². The van der Waals surface area contributed by atoms with E-state index in [9.17, 15) is 24.3 Å². The van der Waals surface area contributed by atoms with Crippen LogP contribution < -0.4 is 27.0 Å². The Bertz CT molecular complexity index is 1140. The topological polar surface area (TPSA) is 174 Å². The third-order valence-electron chi connectivity index (χ3n) is 10.8. The smallest absolute Gasteiger partial charge is 0.408 e. The van der Waals surface area contributed by atoms with Crippen LogP contribution in [0.3, 0.4) is 0 Å². The van der Waals surface area contributed by atoms with Crippen molar-refractivity contribution in [1.29, 1.82) is 0 Å². The van der Waals surface area contributed by atoms with E-state index in [1.165, 1.54) is 4.90 Å². The van der Waals surface area contributed by atoms with Gasteiger partial charge in [0.1, 0.15) is 23.2 Å². The lowest BCUT2D eigenvalue weighted by Crippen LogP contribution is -2.56. The maximum absolute atomic E-state index is 14.3. The number of aliphatic carboxylic acids is 1. The number of hydrogen-bond acceptors (Lipinski definition) is 10. The predicted octanol–water partition coefficient (Wildman–Crippen LogP) is 3.08. The van der Waals surface area contributed by atoms with Crippen LogP contribution in [0.5, 0.6) is 0 Å². The van der Waals surface area contributed by atoms with Crippen LogP contribution >= 0.6 is 0 Å². The average molecular weight is 678 g/mol. The minimum atomic E-state index is -1.30. The quantitative estimate of drug-likeness (QED) is 0.209. The third-order valence-corrected chi connectivity index (χ3v) is 10.8. The number of carboxylic acid groups (broad SMARTS) is 1. The molecule has 14 nitrogen and oxygen atoms in total. The molecular weight excluding hydrogens is 618 g/mol. The second-order valence-corrected chi connectivity index (χ2v) is 15.6. The van der Waals surface area contributed by atoms with E-state index in [1.54, 1.807) is 20.8 Å². The number of hydrazine groups is 3. The Labute approximate surface area is 285 Å². The number of nitrogens with one attached hydrogen (secondary N) is 5. The normalized spacial score (nSPS) is 35.5. The van der Waals surface area contributed by atoms with Gasteiger partial charge < -0.3 is 30.1 Å². The monoisotopic (exact) mass is 677 g/mol. The molecule has 0 radical (unpaired) electrons. The standard InChI is InChI=1S/C34H59N7O7/c1-5-6-18-47-25-16-14-22(15-17-25)28-37-39-41(38-28)24-19-27-29(42)36-34(31(44)45)20-23(34)12-10-8-7-9-11-13-26(30(43)40(27)21-24)35-32(46)48-33(2,3)4/h22-28,37-39H,5-21H2,1-4H3,(H,35,46)(H,36,42)(H,44,45)/t22?,23-,24+,25?,26-,27+,28?,34+/m1/s1. The van der Waals surface area contributed by atoms with Gasteiger partial charge in [-0.25, -0.2) is 20.4 Å². The summed E-state index contributed by atoms with van der Waals surface area (Å²) in [6.07, 6.45) is 12.2. The van der Waals surface area contributed by atoms with Crippen LogP contribution in [0.25, 0.3) is 0 Å². The zero-order valence-electron chi connectivity index (χ0n) is 29.4. The van der Waals surface area contributed by atoms with Crippen molar-refractivity contribution < 1.29 is 33.8 Å². The molecule has 48 heavy (non-hydrogen) atoms. The van der Waals surface area contributed by atoms with Gasteiger partial charge in [0.15, 0.2) is 0 Å². The van der Waals surface area contributed by atoms with Crippen LogP contribution in [0.2, 0.25) is 0 Å². The summed E-state index contributed by atoms with van der Waals surface area (Å²) in [4.78, 5) is 55.1. The molecule has 5 aliphatic rings. The lowest BCUT2D eigenvalue weighted by atomic mass is 9.85. The average Bonchev–Trinajstić information content (AvgIpc) is 3.34. The van der Waals surface area contributed by atoms with E-state index in [-0.39, 0.29) is 30.6 Å². The second kappa shape index (κ2) is 16.0. The summed E-state index contributed by atoms with van der Waals surface area (Å²) in [6, 6.07) is -2.06. The van der Waals surface area contributed by atoms with E-state index in [4.69, 9.17) is 9.47 Å². The zero-order valence-corrected chi connectivity index (χ0v) is 29.4. The Morgan fingerprint density at radius 1 is 1.02 bits per heavy atom. The molecule has 6 N–H and O–H groups in total. The molecule has 6 atom stereocenters. The molecule has 3 aliphatic heterocycles. The van der Waals surface area contributed by atoms with Gasteiger partial charge in [0.05, 0.1) is 18.3 Å². The fraction of sp³-hybridized carbons (Fsp3) is 0.882. The Morgan fingerprint density at radius 3 is 2.42 bits per heavy atom. The first-order chi connectivity index (χ1) is 22.9. The first-order valence-corrected chi connectivity index (χ1v) is 18.4. The predicted molar refractivity (Wildman–Crippen MR) is 178 cm³/mol. The van der Waals surface area contributed by atoms with E-state index < -0.39 is 41.2 Å². The van der Waals surface area contributed by atoms with E-state index in [0.29, 0.717) is 31.3 Å². The van der Waals surface area contributed by atoms with Crippen molar-refractivity contribution in [3.05, 3.63) is 0 Å². The highest BCUT2D eigenvalue weighted by Gasteiger charge is 2.62. The summed E-state index contributed by atoms with van der Waals surface area (Å²) in [5, 5.41) is 17.7. The molecule has 0 spiro atoms. The van der Waals surface area contributed by atoms with Gasteiger partial charge in [-0.3, -0.25) is 9.59 Å². The molecule has 0 bridgehead atoms. The Hall–Kier alpha value is -2.52. The number of nitrogens with zero attached hydrogens (tertiary/aromatic N) is 2. The van der Waals surface area contributed by atoms with Crippen LogP contribution in [-0.2, 0) is 23.9 Å². The summed E-state index contributed by atoms with van der Waals surface area (Å²) in [5.74, 6) is -1.59. The largest absolute Gasteiger partial charge is 0.479 e. The molecule has 2 aliphatic carbocycles. The molecule has 0 aromatic carbocycles. The molecule has 14 heteroatoms. The molecule has 0 aromatic rings. The lowest BCUT2D eigenvalue weighted by molar-refractivity contribution is -0.146. The highest BCUT2D eigenvalue weighted by Crippen LogP contribution is 2.47. The zero-order chi connectivity index (χ0) is 34.5. The number of hydrogen-bond donors (Lipinski definition) is 6. The minimum absolute atomic E-state index is 0.0201. The van der Waals surface area contributed by atoms with Crippen molar-refractivity contribution >= 4 is 23.9 Å². The van der Waals surface area contributed by atoms with Crippen molar-refractivity contribution in [3.8, 4) is 0 Å². The first kappa shape index (κ1) is 36.8. The Morgan fingerprint density at radius 2 is 1.73 bits per heavy atom. The number of carboxylic acids is 1. The van der Waals surface area contributed by atoms with E-state index in [1.807, 2.05) is 5.12 Å². The van der Waals surface area contributed by atoms with Crippen LogP contribution in [0.15, 0.2) is 0 Å². The van der Waals surface area contributed by atoms with Crippen molar-refractivity contribution in [2.45, 2.75) is 166 Å². The molecule has 5 rings (SSSR count). The fourth-order valence-corrected chi connectivity index (χ4v) is 7.88. The molecule has 2 saturated carbocycles. The van der Waals surface area contributed by atoms with Crippen LogP contribution in [-0.4, -0.2) is 93.7 Å². The van der Waals surface area contributed by atoms with Crippen molar-refractivity contribution in [2.75, 3.05) is 13.2 Å². The molecule has 3 heterocycles. The number of alkyl carbamates (subject to hydrolysis) is 1. The van der Waals surface area contributed by atoms with Gasteiger partial charge in [-0.15, -0.1) is 0 Å². The summed E-state index contributed by atoms with van der Waals surface area (Å²) in [6.45, 7) is 8.51. The molecule has 3 saturated heterocycles. The number of amides is 3. The van der Waals surface area contributed by atoms with Crippen LogP contribution in [0, 0.1) is 11.8 Å². The number of unbranched alkanes of at least 4 members (excludes halogenated alkanes) is 1. The third kappa shape index (κ3) is 9.17. The van der Waals surface area contributed by atoms with Crippen LogP contribution in [0.1, 0.15) is 124 Å². The van der Waals surface area contributed by atoms with Gasteiger partial charge in [-0.05, 0) is 90.4 Å². The minimum Gasteiger partial charge on any atom is -0.479 e. The Kier molecular flexibility index (Phi) is 12.3. The number of fused-ring (bicyclic) bond motifs is 2. The molecule has 3 amide bonds. The fourth-order valence-electron chi connectivity index (χ4n) is 7.88. The van der Waals surface area contributed by atoms with Crippen molar-refractivity contribution in [2.24, 2.45) is 11.8 Å². The second-order valence-electron chi connectivity index (χ2n) is 15.6. The highest BCUT2D eigenvalue weighted by molar-refractivity contribution is 5.96. The van der Waals surface area contributed by atoms with E-state index in [2.05, 4.69) is 33.9 Å². The van der Waals surface area contributed by atoms with Gasteiger partial charge in [-0.1, -0.05) is 45.4 Å². The molecule has 272 valence electrons. The number of carbonyl (C=O) groups excluding carboxylic acids is 3.